The zero-order valence-electron chi connectivity index (χ0n) is 11.4. The van der Waals surface area contributed by atoms with Crippen molar-refractivity contribution in [3.05, 3.63) is 42.5 Å². The molecular weight excluding hydrogens is 320 g/mol. The summed E-state index contributed by atoms with van der Waals surface area (Å²) in [7, 11) is 0. The Morgan fingerprint density at radius 3 is 2.55 bits per heavy atom. The van der Waals surface area contributed by atoms with Gasteiger partial charge in [0.15, 0.2) is 5.78 Å². The lowest BCUT2D eigenvalue weighted by Crippen LogP contribution is -2.13. The first-order valence-corrected chi connectivity index (χ1v) is 7.32. The van der Waals surface area contributed by atoms with E-state index in [9.17, 15) is 9.59 Å². The van der Waals surface area contributed by atoms with Crippen LogP contribution in [0.4, 0.5) is 0 Å². The van der Waals surface area contributed by atoms with E-state index in [0.29, 0.717) is 17.9 Å². The largest absolute Gasteiger partial charge is 0.490 e. The van der Waals surface area contributed by atoms with Crippen LogP contribution < -0.4 is 4.74 Å². The minimum absolute atomic E-state index is 0.0151. The van der Waals surface area contributed by atoms with E-state index >= 15 is 0 Å². The number of hydrogen-bond acceptors (Lipinski definition) is 3. The summed E-state index contributed by atoms with van der Waals surface area (Å²) < 4.78 is 5.24. The first-order chi connectivity index (χ1) is 9.44. The molecule has 1 aliphatic rings. The van der Waals surface area contributed by atoms with Crippen LogP contribution in [0.2, 0.25) is 0 Å². The number of ketones is 2. The third-order valence-corrected chi connectivity index (χ3v) is 4.31. The van der Waals surface area contributed by atoms with Crippen molar-refractivity contribution >= 4 is 27.5 Å². The molecule has 1 saturated carbocycles. The summed E-state index contributed by atoms with van der Waals surface area (Å²) >= 11 is 3.48. The van der Waals surface area contributed by atoms with Gasteiger partial charge in [-0.2, -0.15) is 0 Å². The second-order valence-electron chi connectivity index (χ2n) is 5.23. The normalized spacial score (nSPS) is 24.0. The molecule has 1 aliphatic carbocycles. The zero-order chi connectivity index (χ0) is 14.8. The average Bonchev–Trinajstić information content (AvgIpc) is 3.06. The molecule has 0 radical (unpaired) electrons. The fourth-order valence-corrected chi connectivity index (χ4v) is 2.64. The maximum atomic E-state index is 12.0. The molecule has 0 spiro atoms. The summed E-state index contributed by atoms with van der Waals surface area (Å²) in [6.07, 6.45) is 2.44. The Labute approximate surface area is 127 Å². The van der Waals surface area contributed by atoms with E-state index in [1.807, 2.05) is 6.92 Å². The van der Waals surface area contributed by atoms with Gasteiger partial charge < -0.3 is 4.74 Å². The highest BCUT2D eigenvalue weighted by Crippen LogP contribution is 2.51. The molecule has 2 unspecified atom stereocenters. The molecule has 0 bridgehead atoms. The molecule has 0 aromatic heterocycles. The van der Waals surface area contributed by atoms with E-state index in [1.54, 1.807) is 30.3 Å². The van der Waals surface area contributed by atoms with Crippen molar-refractivity contribution in [3.63, 3.8) is 0 Å². The number of alkyl halides is 1. The lowest BCUT2D eigenvalue weighted by atomic mass is 10.0. The minimum atomic E-state index is -0.138. The van der Waals surface area contributed by atoms with Crippen LogP contribution in [-0.4, -0.2) is 22.5 Å². The van der Waals surface area contributed by atoms with Crippen molar-refractivity contribution in [3.8, 4) is 5.75 Å². The Morgan fingerprint density at radius 2 is 2.05 bits per heavy atom. The molecule has 2 rings (SSSR count). The highest BCUT2D eigenvalue weighted by atomic mass is 79.9. The van der Waals surface area contributed by atoms with Crippen molar-refractivity contribution in [1.82, 2.24) is 0 Å². The van der Waals surface area contributed by atoms with E-state index in [0.717, 1.165) is 6.42 Å². The lowest BCUT2D eigenvalue weighted by molar-refractivity contribution is -0.119. The van der Waals surface area contributed by atoms with Gasteiger partial charge >= 0.3 is 0 Å². The third kappa shape index (κ3) is 3.57. The highest BCUT2D eigenvalue weighted by molar-refractivity contribution is 9.10. The standard InChI is InChI=1S/C16H17BrO3/c1-3-8-20-12-6-4-11(5-7-12)14(18)9-15(19)13-10-16(13,2)17/h3-7,13H,1,8-10H2,2H3. The molecule has 0 N–H and O–H groups in total. The number of carbonyl (C=O) groups is 2. The van der Waals surface area contributed by atoms with Gasteiger partial charge in [-0.3, -0.25) is 9.59 Å². The topological polar surface area (TPSA) is 43.4 Å². The predicted octanol–water partition coefficient (Wildman–Crippen LogP) is 3.57. The SMILES string of the molecule is C=CCOc1ccc(C(=O)CC(=O)C2CC2(C)Br)cc1. The van der Waals surface area contributed by atoms with E-state index in [-0.39, 0.29) is 28.2 Å². The molecule has 2 atom stereocenters. The van der Waals surface area contributed by atoms with Gasteiger partial charge in [-0.25, -0.2) is 0 Å². The van der Waals surface area contributed by atoms with Crippen molar-refractivity contribution in [1.29, 1.82) is 0 Å². The van der Waals surface area contributed by atoms with Gasteiger partial charge in [0.1, 0.15) is 18.1 Å². The predicted molar refractivity (Wildman–Crippen MR) is 81.5 cm³/mol. The number of carbonyl (C=O) groups excluding carboxylic acids is 2. The molecule has 4 heteroatoms. The molecule has 106 valence electrons. The lowest BCUT2D eigenvalue weighted by Gasteiger charge is -2.05. The van der Waals surface area contributed by atoms with E-state index in [4.69, 9.17) is 4.74 Å². The van der Waals surface area contributed by atoms with E-state index in [2.05, 4.69) is 22.5 Å². The summed E-state index contributed by atoms with van der Waals surface area (Å²) in [4.78, 5) is 24.0. The van der Waals surface area contributed by atoms with Crippen molar-refractivity contribution < 1.29 is 14.3 Å². The number of rotatable bonds is 7. The quantitative estimate of drug-likeness (QED) is 0.331. The fraction of sp³-hybridized carbons (Fsp3) is 0.375. The van der Waals surface area contributed by atoms with Crippen LogP contribution >= 0.6 is 15.9 Å². The Kier molecular flexibility index (Phi) is 4.43. The molecular formula is C16H17BrO3. The molecule has 20 heavy (non-hydrogen) atoms. The molecule has 1 aromatic rings. The number of ether oxygens (including phenoxy) is 1. The van der Waals surface area contributed by atoms with Gasteiger partial charge in [0.2, 0.25) is 0 Å². The van der Waals surface area contributed by atoms with Gasteiger partial charge in [-0.15, -0.1) is 0 Å². The van der Waals surface area contributed by atoms with Crippen LogP contribution in [-0.2, 0) is 4.79 Å². The summed E-state index contributed by atoms with van der Waals surface area (Å²) in [5, 5.41) is 0. The van der Waals surface area contributed by atoms with Crippen LogP contribution in [0.1, 0.15) is 30.1 Å². The molecule has 1 fully saturated rings. The van der Waals surface area contributed by atoms with Crippen LogP contribution in [0.25, 0.3) is 0 Å². The number of halogens is 1. The van der Waals surface area contributed by atoms with Gasteiger partial charge in [0.25, 0.3) is 0 Å². The van der Waals surface area contributed by atoms with E-state index < -0.39 is 0 Å². The Hall–Kier alpha value is -1.42. The summed E-state index contributed by atoms with van der Waals surface area (Å²) in [5.74, 6) is 0.534. The molecule has 0 heterocycles. The average molecular weight is 337 g/mol. The number of hydrogen-bond donors (Lipinski definition) is 0. The number of benzene rings is 1. The second kappa shape index (κ2) is 5.92. The molecule has 3 nitrogen and oxygen atoms in total. The minimum Gasteiger partial charge on any atom is -0.490 e. The van der Waals surface area contributed by atoms with Crippen molar-refractivity contribution in [2.45, 2.75) is 24.1 Å². The Balaban J connectivity index is 1.92. The Bertz CT molecular complexity index is 531. The van der Waals surface area contributed by atoms with Gasteiger partial charge in [0.05, 0.1) is 6.42 Å². The van der Waals surface area contributed by atoms with Gasteiger partial charge in [-0.05, 0) is 37.6 Å². The van der Waals surface area contributed by atoms with Crippen LogP contribution in [0.3, 0.4) is 0 Å². The fourth-order valence-electron chi connectivity index (χ4n) is 2.07. The molecule has 0 saturated heterocycles. The van der Waals surface area contributed by atoms with Crippen LogP contribution in [0, 0.1) is 5.92 Å². The number of Topliss-reactive ketones (excluding diaryl/α,β-unsaturated/α-hetero) is 2. The van der Waals surface area contributed by atoms with Crippen LogP contribution in [0.5, 0.6) is 5.75 Å². The smallest absolute Gasteiger partial charge is 0.170 e. The molecule has 1 aromatic carbocycles. The third-order valence-electron chi connectivity index (χ3n) is 3.44. The van der Waals surface area contributed by atoms with Gasteiger partial charge in [0, 0.05) is 15.8 Å². The first-order valence-electron chi connectivity index (χ1n) is 6.52. The summed E-state index contributed by atoms with van der Waals surface area (Å²) in [5.41, 5.74) is 0.543. The monoisotopic (exact) mass is 336 g/mol. The maximum Gasteiger partial charge on any atom is 0.170 e. The Morgan fingerprint density at radius 1 is 1.45 bits per heavy atom. The molecule has 0 amide bonds. The highest BCUT2D eigenvalue weighted by Gasteiger charge is 2.52. The van der Waals surface area contributed by atoms with Crippen molar-refractivity contribution in [2.24, 2.45) is 5.92 Å². The van der Waals surface area contributed by atoms with Crippen LogP contribution in [0.15, 0.2) is 36.9 Å². The maximum absolute atomic E-state index is 12.0. The van der Waals surface area contributed by atoms with Crippen molar-refractivity contribution in [2.75, 3.05) is 6.61 Å². The first kappa shape index (κ1) is 15.0. The van der Waals surface area contributed by atoms with E-state index in [1.165, 1.54) is 0 Å². The van der Waals surface area contributed by atoms with Gasteiger partial charge in [-0.1, -0.05) is 28.6 Å². The second-order valence-corrected chi connectivity index (χ2v) is 7.04. The summed E-state index contributed by atoms with van der Waals surface area (Å²) in [6.45, 7) is 5.97. The zero-order valence-corrected chi connectivity index (χ0v) is 13.0. The summed E-state index contributed by atoms with van der Waals surface area (Å²) in [6, 6.07) is 6.84. The molecule has 0 aliphatic heterocycles.